The number of hydrogen-bond acceptors (Lipinski definition) is 0. The molecule has 0 heterocycles. The molecule has 0 bridgehead atoms. The van der Waals surface area contributed by atoms with Crippen LogP contribution < -0.4 is 0 Å². The number of aryl methyl sites for hydroxylation is 2. The molecule has 19 heavy (non-hydrogen) atoms. The zero-order valence-electron chi connectivity index (χ0n) is 13.4. The summed E-state index contributed by atoms with van der Waals surface area (Å²) in [5.74, 6) is 0. The van der Waals surface area contributed by atoms with Crippen LogP contribution in [-0.4, -0.2) is 5.67 Å². The average Bonchev–Trinajstić information content (AvgIpc) is 2.20. The van der Waals surface area contributed by atoms with Crippen LogP contribution in [0.5, 0.6) is 0 Å². The summed E-state index contributed by atoms with van der Waals surface area (Å²) in [6.07, 6.45) is 0. The van der Waals surface area contributed by atoms with Crippen molar-refractivity contribution in [2.45, 2.75) is 66.7 Å². The molecule has 0 N–H and O–H groups in total. The lowest BCUT2D eigenvalue weighted by atomic mass is 9.66. The zero-order chi connectivity index (χ0) is 15.2. The molecule has 1 aromatic rings. The second-order valence-electron chi connectivity index (χ2n) is 7.12. The summed E-state index contributed by atoms with van der Waals surface area (Å²) in [7, 11) is 0. The Morgan fingerprint density at radius 1 is 0.789 bits per heavy atom. The summed E-state index contributed by atoms with van der Waals surface area (Å²) in [4.78, 5) is 0. The van der Waals surface area contributed by atoms with Gasteiger partial charge in [-0.2, -0.15) is 0 Å². The van der Waals surface area contributed by atoms with E-state index in [0.29, 0.717) is 5.56 Å². The van der Waals surface area contributed by atoms with Crippen molar-refractivity contribution in [1.29, 1.82) is 0 Å². The van der Waals surface area contributed by atoms with Gasteiger partial charge in [0.15, 0.2) is 5.67 Å². The largest absolute Gasteiger partial charge is 0.241 e. The first kappa shape index (κ1) is 16.1. The predicted molar refractivity (Wildman–Crippen MR) is 78.1 cm³/mol. The van der Waals surface area contributed by atoms with E-state index in [-0.39, 0.29) is 0 Å². The number of alkyl halides is 2. The normalized spacial score (nSPS) is 16.3. The van der Waals surface area contributed by atoms with Crippen LogP contribution in [0.1, 0.15) is 56.9 Å². The number of halogens is 2. The SMILES string of the molecule is Cc1cc(C(F)(C(C)(C)C)C(C)(C)F)cc(C)c1C. The fourth-order valence-electron chi connectivity index (χ4n) is 2.90. The average molecular weight is 268 g/mol. The first-order chi connectivity index (χ1) is 8.32. The Bertz CT molecular complexity index is 436. The second-order valence-corrected chi connectivity index (χ2v) is 7.12. The maximum atomic E-state index is 15.7. The van der Waals surface area contributed by atoms with Crippen molar-refractivity contribution in [1.82, 2.24) is 0 Å². The van der Waals surface area contributed by atoms with Gasteiger partial charge in [0.25, 0.3) is 0 Å². The number of benzene rings is 1. The molecule has 0 nitrogen and oxygen atoms in total. The smallest absolute Gasteiger partial charge is 0.173 e. The molecule has 0 aliphatic carbocycles. The third kappa shape index (κ3) is 2.54. The van der Waals surface area contributed by atoms with Crippen molar-refractivity contribution in [3.8, 4) is 0 Å². The minimum absolute atomic E-state index is 0.438. The van der Waals surface area contributed by atoms with Crippen LogP contribution in [0.25, 0.3) is 0 Å². The summed E-state index contributed by atoms with van der Waals surface area (Å²) in [6.45, 7) is 13.8. The van der Waals surface area contributed by atoms with Crippen molar-refractivity contribution >= 4 is 0 Å². The van der Waals surface area contributed by atoms with Gasteiger partial charge in [0, 0.05) is 5.41 Å². The van der Waals surface area contributed by atoms with Gasteiger partial charge in [-0.3, -0.25) is 0 Å². The van der Waals surface area contributed by atoms with Gasteiger partial charge in [-0.15, -0.1) is 0 Å². The molecule has 0 saturated carbocycles. The molecule has 1 unspecified atom stereocenters. The molecule has 0 fully saturated rings. The summed E-state index contributed by atoms with van der Waals surface area (Å²) < 4.78 is 30.3. The van der Waals surface area contributed by atoms with Crippen LogP contribution in [0.15, 0.2) is 12.1 Å². The highest BCUT2D eigenvalue weighted by molar-refractivity contribution is 5.41. The van der Waals surface area contributed by atoms with Crippen LogP contribution in [0, 0.1) is 26.2 Å². The molecule has 1 atom stereocenters. The third-order valence-corrected chi connectivity index (χ3v) is 4.18. The molecule has 1 rings (SSSR count). The molecule has 0 aliphatic heterocycles. The minimum atomic E-state index is -2.02. The summed E-state index contributed by atoms with van der Waals surface area (Å²) in [6, 6.07) is 3.57. The Morgan fingerprint density at radius 2 is 1.16 bits per heavy atom. The van der Waals surface area contributed by atoms with E-state index in [9.17, 15) is 4.39 Å². The van der Waals surface area contributed by atoms with Gasteiger partial charge in [-0.1, -0.05) is 32.9 Å². The van der Waals surface area contributed by atoms with Crippen molar-refractivity contribution in [3.63, 3.8) is 0 Å². The minimum Gasteiger partial charge on any atom is -0.241 e. The molecule has 0 radical (unpaired) electrons. The Hall–Kier alpha value is -0.920. The summed E-state index contributed by atoms with van der Waals surface area (Å²) in [5.41, 5.74) is -1.21. The van der Waals surface area contributed by atoms with Crippen LogP contribution in [0.4, 0.5) is 8.78 Å². The Balaban J connectivity index is 3.62. The van der Waals surface area contributed by atoms with E-state index in [0.717, 1.165) is 16.7 Å². The van der Waals surface area contributed by atoms with E-state index in [1.54, 1.807) is 32.9 Å². The van der Waals surface area contributed by atoms with E-state index in [2.05, 4.69) is 0 Å². The van der Waals surface area contributed by atoms with Crippen LogP contribution in [0.3, 0.4) is 0 Å². The molecule has 108 valence electrons. The van der Waals surface area contributed by atoms with Gasteiger partial charge in [-0.05, 0) is 56.9 Å². The highest BCUT2D eigenvalue weighted by atomic mass is 19.2. The molecule has 0 amide bonds. The summed E-state index contributed by atoms with van der Waals surface area (Å²) >= 11 is 0. The standard InChI is InChI=1S/C17H26F2/c1-11-9-14(10-12(2)13(11)3)17(19,15(4,5)6)16(7,8)18/h9-10H,1-8H3. The van der Waals surface area contributed by atoms with E-state index in [1.807, 2.05) is 20.8 Å². The molecular weight excluding hydrogens is 242 g/mol. The van der Waals surface area contributed by atoms with Gasteiger partial charge in [0.1, 0.15) is 5.67 Å². The first-order valence-electron chi connectivity index (χ1n) is 6.78. The molecule has 0 aliphatic rings. The van der Waals surface area contributed by atoms with Gasteiger partial charge in [-0.25, -0.2) is 8.78 Å². The van der Waals surface area contributed by atoms with E-state index >= 15 is 4.39 Å². The third-order valence-electron chi connectivity index (χ3n) is 4.18. The Kier molecular flexibility index (Phi) is 3.88. The highest BCUT2D eigenvalue weighted by Gasteiger charge is 2.56. The monoisotopic (exact) mass is 268 g/mol. The lowest BCUT2D eigenvalue weighted by Gasteiger charge is -2.45. The van der Waals surface area contributed by atoms with Gasteiger partial charge < -0.3 is 0 Å². The van der Waals surface area contributed by atoms with Crippen molar-refractivity contribution < 1.29 is 8.78 Å². The molecule has 1 aromatic carbocycles. The van der Waals surface area contributed by atoms with E-state index in [4.69, 9.17) is 0 Å². The fourth-order valence-corrected chi connectivity index (χ4v) is 2.90. The maximum Gasteiger partial charge on any atom is 0.173 e. The topological polar surface area (TPSA) is 0 Å². The number of hydrogen-bond donors (Lipinski definition) is 0. The van der Waals surface area contributed by atoms with Crippen LogP contribution in [-0.2, 0) is 5.67 Å². The molecule has 2 heteroatoms. The lowest BCUT2D eigenvalue weighted by Crippen LogP contribution is -2.50. The van der Waals surface area contributed by atoms with Crippen LogP contribution >= 0.6 is 0 Å². The molecule has 0 spiro atoms. The first-order valence-corrected chi connectivity index (χ1v) is 6.78. The van der Waals surface area contributed by atoms with Gasteiger partial charge >= 0.3 is 0 Å². The fraction of sp³-hybridized carbons (Fsp3) is 0.647. The highest BCUT2D eigenvalue weighted by Crippen LogP contribution is 2.52. The number of rotatable bonds is 2. The molecule has 0 saturated heterocycles. The molecular formula is C17H26F2. The summed E-state index contributed by atoms with van der Waals surface area (Å²) in [5, 5.41) is 0. The predicted octanol–water partition coefficient (Wildman–Crippen LogP) is 5.57. The van der Waals surface area contributed by atoms with Crippen molar-refractivity contribution in [3.05, 3.63) is 34.4 Å². The van der Waals surface area contributed by atoms with Gasteiger partial charge in [0.2, 0.25) is 0 Å². The quantitative estimate of drug-likeness (QED) is 0.657. The van der Waals surface area contributed by atoms with Crippen molar-refractivity contribution in [2.24, 2.45) is 5.41 Å². The second kappa shape index (κ2) is 4.57. The van der Waals surface area contributed by atoms with Gasteiger partial charge in [0.05, 0.1) is 0 Å². The molecule has 0 aromatic heterocycles. The van der Waals surface area contributed by atoms with Crippen LogP contribution in [0.2, 0.25) is 0 Å². The van der Waals surface area contributed by atoms with E-state index < -0.39 is 16.8 Å². The Morgan fingerprint density at radius 3 is 1.42 bits per heavy atom. The zero-order valence-corrected chi connectivity index (χ0v) is 13.4. The lowest BCUT2D eigenvalue weighted by molar-refractivity contribution is -0.0984. The van der Waals surface area contributed by atoms with E-state index in [1.165, 1.54) is 13.8 Å². The van der Waals surface area contributed by atoms with Crippen molar-refractivity contribution in [2.75, 3.05) is 0 Å². The Labute approximate surface area is 116 Å². The maximum absolute atomic E-state index is 15.7.